The minimum absolute atomic E-state index is 0.0153. The number of imidazole rings is 1. The number of fused-ring (bicyclic) bond motifs is 1. The summed E-state index contributed by atoms with van der Waals surface area (Å²) < 4.78 is 7.74. The van der Waals surface area contributed by atoms with E-state index in [4.69, 9.17) is 16.3 Å². The largest absolute Gasteiger partial charge is 0.378 e. The molecule has 0 amide bonds. The van der Waals surface area contributed by atoms with Crippen LogP contribution in [0.4, 0.5) is 0 Å². The van der Waals surface area contributed by atoms with Crippen molar-refractivity contribution in [3.8, 4) is 0 Å². The van der Waals surface area contributed by atoms with Gasteiger partial charge in [0.2, 0.25) is 0 Å². The highest BCUT2D eigenvalue weighted by Gasteiger charge is 2.35. The number of piperidine rings is 1. The standard InChI is InChI=1S/C21H30ClN3O2/c1-3-27-16-5-7-19(17(22)13-16)24-10-8-15(9-11-24)25-20-6-4-14(2)12-18(20)23-21(25)26/h4,6,12,15-17,19H,3,5,7-11,13H2,1-2H3,(H,23,26). The number of aromatic nitrogens is 2. The van der Waals surface area contributed by atoms with Crippen LogP contribution in [-0.2, 0) is 4.74 Å². The molecule has 5 nitrogen and oxygen atoms in total. The average molecular weight is 392 g/mol. The first-order chi connectivity index (χ1) is 13.1. The fraction of sp³-hybridized carbons (Fsp3) is 0.667. The van der Waals surface area contributed by atoms with Crippen molar-refractivity contribution in [3.05, 3.63) is 34.2 Å². The van der Waals surface area contributed by atoms with Crippen molar-refractivity contribution in [1.82, 2.24) is 14.5 Å². The van der Waals surface area contributed by atoms with E-state index in [2.05, 4.69) is 35.0 Å². The molecule has 1 N–H and O–H groups in total. The number of hydrogen-bond acceptors (Lipinski definition) is 3. The highest BCUT2D eigenvalue weighted by molar-refractivity contribution is 6.21. The lowest BCUT2D eigenvalue weighted by atomic mass is 9.89. The van der Waals surface area contributed by atoms with E-state index >= 15 is 0 Å². The summed E-state index contributed by atoms with van der Waals surface area (Å²) in [5, 5.41) is 0.158. The van der Waals surface area contributed by atoms with Crippen LogP contribution >= 0.6 is 11.6 Å². The highest BCUT2D eigenvalue weighted by atomic mass is 35.5. The summed E-state index contributed by atoms with van der Waals surface area (Å²) in [6.45, 7) is 6.87. The first kappa shape index (κ1) is 19.0. The van der Waals surface area contributed by atoms with E-state index in [0.29, 0.717) is 12.1 Å². The quantitative estimate of drug-likeness (QED) is 0.805. The number of nitrogens with one attached hydrogen (secondary N) is 1. The van der Waals surface area contributed by atoms with Crippen molar-refractivity contribution in [1.29, 1.82) is 0 Å². The van der Waals surface area contributed by atoms with Crippen LogP contribution in [0, 0.1) is 6.92 Å². The van der Waals surface area contributed by atoms with Crippen molar-refractivity contribution >= 4 is 22.6 Å². The van der Waals surface area contributed by atoms with Gasteiger partial charge in [-0.15, -0.1) is 11.6 Å². The molecular weight excluding hydrogens is 362 g/mol. The van der Waals surface area contributed by atoms with Gasteiger partial charge in [0.25, 0.3) is 0 Å². The Morgan fingerprint density at radius 1 is 1.22 bits per heavy atom. The van der Waals surface area contributed by atoms with Crippen molar-refractivity contribution in [2.75, 3.05) is 19.7 Å². The number of likely N-dealkylation sites (tertiary alicyclic amines) is 1. The second-order valence-corrected chi connectivity index (χ2v) is 8.62. The minimum atomic E-state index is 0.0153. The number of hydrogen-bond donors (Lipinski definition) is 1. The number of alkyl halides is 1. The van der Waals surface area contributed by atoms with Crippen LogP contribution in [0.25, 0.3) is 11.0 Å². The van der Waals surface area contributed by atoms with Gasteiger partial charge < -0.3 is 9.72 Å². The molecule has 2 heterocycles. The molecule has 0 radical (unpaired) electrons. The van der Waals surface area contributed by atoms with Gasteiger partial charge in [-0.25, -0.2) is 4.79 Å². The Labute approximate surface area is 165 Å². The van der Waals surface area contributed by atoms with Crippen LogP contribution in [0.15, 0.2) is 23.0 Å². The number of halogens is 1. The van der Waals surface area contributed by atoms with Crippen LogP contribution in [0.3, 0.4) is 0 Å². The van der Waals surface area contributed by atoms with E-state index in [-0.39, 0.29) is 17.1 Å². The number of aromatic amines is 1. The van der Waals surface area contributed by atoms with Crippen molar-refractivity contribution in [2.45, 2.75) is 69.5 Å². The SMILES string of the molecule is CCOC1CCC(N2CCC(n3c(=O)[nH]c4cc(C)ccc43)CC2)C(Cl)C1. The van der Waals surface area contributed by atoms with E-state index in [1.165, 1.54) is 5.56 Å². The molecule has 0 spiro atoms. The maximum absolute atomic E-state index is 12.5. The second kappa shape index (κ2) is 7.98. The molecule has 2 fully saturated rings. The summed E-state index contributed by atoms with van der Waals surface area (Å²) in [4.78, 5) is 18.1. The fourth-order valence-corrected chi connectivity index (χ4v) is 5.43. The molecule has 6 heteroatoms. The maximum atomic E-state index is 12.5. The smallest absolute Gasteiger partial charge is 0.326 e. The number of ether oxygens (including phenoxy) is 1. The normalized spacial score (nSPS) is 28.0. The molecule has 1 aliphatic heterocycles. The topological polar surface area (TPSA) is 50.3 Å². The van der Waals surface area contributed by atoms with Gasteiger partial charge >= 0.3 is 5.69 Å². The summed E-state index contributed by atoms with van der Waals surface area (Å²) in [5.41, 5.74) is 3.15. The zero-order chi connectivity index (χ0) is 19.0. The van der Waals surface area contributed by atoms with E-state index in [1.807, 2.05) is 11.5 Å². The molecule has 3 atom stereocenters. The number of rotatable bonds is 4. The van der Waals surface area contributed by atoms with Crippen LogP contribution in [0.2, 0.25) is 0 Å². The Morgan fingerprint density at radius 2 is 2.00 bits per heavy atom. The molecule has 0 bridgehead atoms. The van der Waals surface area contributed by atoms with Crippen LogP contribution in [0.5, 0.6) is 0 Å². The number of benzene rings is 1. The van der Waals surface area contributed by atoms with Gasteiger partial charge in [0.05, 0.1) is 22.5 Å². The molecule has 1 aromatic heterocycles. The second-order valence-electron chi connectivity index (χ2n) is 8.06. The Bertz CT molecular complexity index is 838. The van der Waals surface area contributed by atoms with Crippen LogP contribution in [-0.4, -0.2) is 51.7 Å². The summed E-state index contributed by atoms with van der Waals surface area (Å²) in [5.74, 6) is 0. The van der Waals surface area contributed by atoms with Gasteiger partial charge in [-0.05, 0) is 63.6 Å². The number of H-pyrrole nitrogens is 1. The van der Waals surface area contributed by atoms with Gasteiger partial charge in [0.15, 0.2) is 0 Å². The third-order valence-electron chi connectivity index (χ3n) is 6.30. The first-order valence-corrected chi connectivity index (χ1v) is 10.7. The maximum Gasteiger partial charge on any atom is 0.326 e. The predicted molar refractivity (Wildman–Crippen MR) is 110 cm³/mol. The lowest BCUT2D eigenvalue weighted by molar-refractivity contribution is 0.0100. The van der Waals surface area contributed by atoms with Gasteiger partial charge in [0.1, 0.15) is 0 Å². The third-order valence-corrected chi connectivity index (χ3v) is 6.77. The molecule has 27 heavy (non-hydrogen) atoms. The van der Waals surface area contributed by atoms with E-state index < -0.39 is 0 Å². The average Bonchev–Trinajstić information content (AvgIpc) is 2.97. The molecule has 148 valence electrons. The highest BCUT2D eigenvalue weighted by Crippen LogP contribution is 2.33. The molecule has 1 saturated carbocycles. The van der Waals surface area contributed by atoms with E-state index in [1.54, 1.807) is 0 Å². The summed E-state index contributed by atoms with van der Waals surface area (Å²) in [7, 11) is 0. The van der Waals surface area contributed by atoms with E-state index in [9.17, 15) is 4.79 Å². The molecular formula is C21H30ClN3O2. The molecule has 1 saturated heterocycles. The van der Waals surface area contributed by atoms with E-state index in [0.717, 1.165) is 62.8 Å². The van der Waals surface area contributed by atoms with Crippen LogP contribution < -0.4 is 5.69 Å². The molecule has 2 aliphatic rings. The first-order valence-electron chi connectivity index (χ1n) is 10.3. The van der Waals surface area contributed by atoms with Crippen molar-refractivity contribution in [3.63, 3.8) is 0 Å². The van der Waals surface area contributed by atoms with Crippen molar-refractivity contribution < 1.29 is 4.74 Å². The van der Waals surface area contributed by atoms with Crippen molar-refractivity contribution in [2.24, 2.45) is 0 Å². The molecule has 1 aliphatic carbocycles. The van der Waals surface area contributed by atoms with Crippen LogP contribution in [0.1, 0.15) is 50.6 Å². The monoisotopic (exact) mass is 391 g/mol. The lowest BCUT2D eigenvalue weighted by Gasteiger charge is -2.43. The number of aryl methyl sites for hydroxylation is 1. The number of nitrogens with zero attached hydrogens (tertiary/aromatic N) is 2. The summed E-state index contributed by atoms with van der Waals surface area (Å²) in [6.07, 6.45) is 5.46. The minimum Gasteiger partial charge on any atom is -0.378 e. The summed E-state index contributed by atoms with van der Waals surface area (Å²) >= 11 is 6.72. The van der Waals surface area contributed by atoms with Gasteiger partial charge in [-0.3, -0.25) is 9.47 Å². The molecule has 1 aromatic carbocycles. The predicted octanol–water partition coefficient (Wildman–Crippen LogP) is 3.84. The molecule has 2 aromatic rings. The third kappa shape index (κ3) is 3.82. The lowest BCUT2D eigenvalue weighted by Crippen LogP contribution is -2.49. The fourth-order valence-electron chi connectivity index (χ4n) is 4.95. The zero-order valence-electron chi connectivity index (χ0n) is 16.3. The molecule has 4 rings (SSSR count). The zero-order valence-corrected chi connectivity index (χ0v) is 17.0. The van der Waals surface area contributed by atoms with Gasteiger partial charge in [-0.2, -0.15) is 0 Å². The Balaban J connectivity index is 1.43. The molecule has 3 unspecified atom stereocenters. The Morgan fingerprint density at radius 3 is 2.70 bits per heavy atom. The Hall–Kier alpha value is -1.30. The Kier molecular flexibility index (Phi) is 5.62. The van der Waals surface area contributed by atoms with Gasteiger partial charge in [-0.1, -0.05) is 6.07 Å². The summed E-state index contributed by atoms with van der Waals surface area (Å²) in [6, 6.07) is 6.90. The van der Waals surface area contributed by atoms with Gasteiger partial charge in [0, 0.05) is 31.8 Å².